The minimum atomic E-state index is -0.120. The summed E-state index contributed by atoms with van der Waals surface area (Å²) in [5, 5.41) is 0. The molecule has 2 heteroatoms. The van der Waals surface area contributed by atoms with Gasteiger partial charge in [0.1, 0.15) is 0 Å². The van der Waals surface area contributed by atoms with Crippen molar-refractivity contribution >= 4 is 0 Å². The van der Waals surface area contributed by atoms with Gasteiger partial charge in [0, 0.05) is 5.92 Å². The van der Waals surface area contributed by atoms with E-state index in [1.807, 2.05) is 0 Å². The van der Waals surface area contributed by atoms with E-state index in [0.29, 0.717) is 23.7 Å². The lowest BCUT2D eigenvalue weighted by molar-refractivity contribution is -0.213. The number of fused-ring (bicyclic) bond motifs is 2. The van der Waals surface area contributed by atoms with Gasteiger partial charge in [0.2, 0.25) is 0 Å². The van der Waals surface area contributed by atoms with E-state index in [2.05, 4.69) is 70.2 Å². The minimum absolute atomic E-state index is 0.120. The van der Waals surface area contributed by atoms with Gasteiger partial charge >= 0.3 is 0 Å². The maximum Gasteiger partial charge on any atom is 0.162 e. The molecule has 2 bridgehead atoms. The first-order chi connectivity index (χ1) is 10.6. The van der Waals surface area contributed by atoms with E-state index >= 15 is 0 Å². The molecule has 0 aromatic heterocycles. The largest absolute Gasteiger partial charge is 0.350 e. The van der Waals surface area contributed by atoms with E-state index in [0.717, 1.165) is 0 Å². The summed E-state index contributed by atoms with van der Waals surface area (Å²) < 4.78 is 12.4. The van der Waals surface area contributed by atoms with Gasteiger partial charge in [0.15, 0.2) is 6.29 Å². The lowest BCUT2D eigenvalue weighted by Crippen LogP contribution is -2.37. The van der Waals surface area contributed by atoms with Crippen molar-refractivity contribution in [3.8, 4) is 0 Å². The third-order valence-electron chi connectivity index (χ3n) is 4.83. The average Bonchev–Trinajstić information content (AvgIpc) is 3.07. The number of hydrogen-bond acceptors (Lipinski definition) is 2. The Balaban J connectivity index is 1.89. The number of rotatable bonds is 6. The molecule has 120 valence electrons. The van der Waals surface area contributed by atoms with Crippen LogP contribution in [-0.2, 0) is 9.47 Å². The Hall–Kier alpha value is -1.12. The van der Waals surface area contributed by atoms with Crippen molar-refractivity contribution in [3.63, 3.8) is 0 Å². The fourth-order valence-corrected chi connectivity index (χ4v) is 4.13. The highest BCUT2D eigenvalue weighted by Crippen LogP contribution is 2.55. The third kappa shape index (κ3) is 3.13. The lowest BCUT2D eigenvalue weighted by atomic mass is 9.78. The topological polar surface area (TPSA) is 18.5 Å². The van der Waals surface area contributed by atoms with Gasteiger partial charge in [-0.1, -0.05) is 42.5 Å². The zero-order valence-electron chi connectivity index (χ0n) is 14.1. The highest BCUT2D eigenvalue weighted by atomic mass is 16.7. The van der Waals surface area contributed by atoms with Crippen LogP contribution in [0.15, 0.2) is 42.5 Å². The molecule has 2 aliphatic rings. The number of benzene rings is 1. The Morgan fingerprint density at radius 1 is 0.864 bits per heavy atom. The monoisotopic (exact) mass is 300 g/mol. The van der Waals surface area contributed by atoms with Crippen LogP contribution in [0.2, 0.25) is 0 Å². The molecule has 0 unspecified atom stereocenters. The van der Waals surface area contributed by atoms with Crippen LogP contribution in [-0.4, -0.2) is 18.5 Å². The van der Waals surface area contributed by atoms with Crippen molar-refractivity contribution in [1.82, 2.24) is 0 Å². The van der Waals surface area contributed by atoms with Crippen LogP contribution >= 0.6 is 0 Å². The maximum absolute atomic E-state index is 6.19. The summed E-state index contributed by atoms with van der Waals surface area (Å²) in [5.74, 6) is 2.14. The minimum Gasteiger partial charge on any atom is -0.350 e. The molecule has 0 N–H and O–H groups in total. The van der Waals surface area contributed by atoms with E-state index in [1.54, 1.807) is 0 Å². The van der Waals surface area contributed by atoms with Gasteiger partial charge in [0.05, 0.1) is 12.2 Å². The van der Waals surface area contributed by atoms with E-state index in [-0.39, 0.29) is 18.5 Å². The summed E-state index contributed by atoms with van der Waals surface area (Å²) in [4.78, 5) is 0. The summed E-state index contributed by atoms with van der Waals surface area (Å²) in [5.41, 5.74) is 1.43. The first kappa shape index (κ1) is 15.8. The van der Waals surface area contributed by atoms with Crippen molar-refractivity contribution in [2.75, 3.05) is 0 Å². The van der Waals surface area contributed by atoms with Gasteiger partial charge in [-0.15, -0.1) is 0 Å². The number of hydrogen-bond donors (Lipinski definition) is 0. The molecule has 4 atom stereocenters. The molecule has 0 saturated heterocycles. The number of allylic oxidation sites excluding steroid dienone is 2. The molecule has 0 heterocycles. The summed E-state index contributed by atoms with van der Waals surface area (Å²) in [6.45, 7) is 8.38. The summed E-state index contributed by atoms with van der Waals surface area (Å²) >= 11 is 0. The smallest absolute Gasteiger partial charge is 0.162 e. The molecule has 2 aliphatic carbocycles. The Kier molecular flexibility index (Phi) is 4.70. The van der Waals surface area contributed by atoms with Gasteiger partial charge < -0.3 is 9.47 Å². The molecule has 1 aromatic rings. The van der Waals surface area contributed by atoms with Gasteiger partial charge in [-0.3, -0.25) is 0 Å². The molecule has 2 nitrogen and oxygen atoms in total. The second kappa shape index (κ2) is 6.55. The molecule has 1 aromatic carbocycles. The molecule has 0 amide bonds. The van der Waals surface area contributed by atoms with Crippen LogP contribution in [0.25, 0.3) is 0 Å². The summed E-state index contributed by atoms with van der Waals surface area (Å²) in [7, 11) is 0. The molecular weight excluding hydrogens is 272 g/mol. The predicted molar refractivity (Wildman–Crippen MR) is 89.6 cm³/mol. The highest BCUT2D eigenvalue weighted by Gasteiger charge is 2.49. The zero-order chi connectivity index (χ0) is 15.7. The quantitative estimate of drug-likeness (QED) is 0.556. The first-order valence-corrected chi connectivity index (χ1v) is 8.60. The summed E-state index contributed by atoms with van der Waals surface area (Å²) in [6.07, 6.45) is 6.27. The Morgan fingerprint density at radius 2 is 1.45 bits per heavy atom. The molecule has 0 aliphatic heterocycles. The van der Waals surface area contributed by atoms with Gasteiger partial charge in [-0.2, -0.15) is 0 Å². The van der Waals surface area contributed by atoms with E-state index in [9.17, 15) is 0 Å². The fraction of sp³-hybridized carbons (Fsp3) is 0.600. The van der Waals surface area contributed by atoms with E-state index in [4.69, 9.17) is 9.47 Å². The predicted octanol–water partition coefficient (Wildman–Crippen LogP) is 4.77. The van der Waals surface area contributed by atoms with Crippen molar-refractivity contribution < 1.29 is 9.47 Å². The third-order valence-corrected chi connectivity index (χ3v) is 4.83. The molecule has 1 fully saturated rings. The maximum atomic E-state index is 6.19. The van der Waals surface area contributed by atoms with Crippen molar-refractivity contribution in [2.24, 2.45) is 17.8 Å². The Labute approximate surface area is 134 Å². The van der Waals surface area contributed by atoms with Crippen LogP contribution in [0.1, 0.15) is 45.6 Å². The van der Waals surface area contributed by atoms with E-state index in [1.165, 1.54) is 12.0 Å². The normalized spacial score (nSPS) is 30.1. The van der Waals surface area contributed by atoms with E-state index < -0.39 is 0 Å². The zero-order valence-corrected chi connectivity index (χ0v) is 14.1. The lowest BCUT2D eigenvalue weighted by Gasteiger charge is -2.36. The molecule has 0 radical (unpaired) electrons. The summed E-state index contributed by atoms with van der Waals surface area (Å²) in [6, 6.07) is 10.9. The van der Waals surface area contributed by atoms with Crippen molar-refractivity contribution in [1.29, 1.82) is 0 Å². The standard InChI is InChI=1S/C20H28O2/c1-13(2)21-20(22-14(3)4)19-17-11-10-16(12-17)18(19)15-8-6-5-7-9-15/h5-11,13-14,16-20H,12H2,1-4H3/t16-,17+,18+,19+/m1/s1. The van der Waals surface area contributed by atoms with Crippen LogP contribution < -0.4 is 0 Å². The second-order valence-electron chi connectivity index (χ2n) is 7.20. The Bertz CT molecular complexity index is 496. The van der Waals surface area contributed by atoms with Crippen LogP contribution in [0.4, 0.5) is 0 Å². The molecular formula is C20H28O2. The fourth-order valence-electron chi connectivity index (χ4n) is 4.13. The van der Waals surface area contributed by atoms with Crippen LogP contribution in [0.5, 0.6) is 0 Å². The molecule has 0 spiro atoms. The highest BCUT2D eigenvalue weighted by molar-refractivity contribution is 5.29. The van der Waals surface area contributed by atoms with Gasteiger partial charge in [-0.05, 0) is 57.4 Å². The van der Waals surface area contributed by atoms with Crippen LogP contribution in [0.3, 0.4) is 0 Å². The van der Waals surface area contributed by atoms with Crippen molar-refractivity contribution in [3.05, 3.63) is 48.0 Å². The SMILES string of the molecule is CC(C)OC(OC(C)C)[C@@H]1[C@@H](c2ccccc2)[C@@H]2C=C[C@H]1C2. The first-order valence-electron chi connectivity index (χ1n) is 8.60. The van der Waals surface area contributed by atoms with Gasteiger partial charge in [0.25, 0.3) is 0 Å². The van der Waals surface area contributed by atoms with Gasteiger partial charge in [-0.25, -0.2) is 0 Å². The molecule has 22 heavy (non-hydrogen) atoms. The van der Waals surface area contributed by atoms with Crippen LogP contribution in [0, 0.1) is 17.8 Å². The average molecular weight is 300 g/mol. The number of ether oxygens (including phenoxy) is 2. The molecule has 1 saturated carbocycles. The molecule has 3 rings (SSSR count). The Morgan fingerprint density at radius 3 is 2.05 bits per heavy atom. The second-order valence-corrected chi connectivity index (χ2v) is 7.20. The van der Waals surface area contributed by atoms with Crippen molar-refractivity contribution in [2.45, 2.75) is 58.5 Å².